The van der Waals surface area contributed by atoms with E-state index in [-0.39, 0.29) is 0 Å². The standard InChI is InChI=1S/C17H21N5O2/c23-16-4-2-8-22(16)14-5-9-21(10-6-14)12-15-19-17(20-24-15)13-3-1-7-18-11-13/h1,3,7,11,14H,2,4-6,8-10,12H2. The van der Waals surface area contributed by atoms with Gasteiger partial charge in [-0.05, 0) is 31.4 Å². The third-order valence-corrected chi connectivity index (χ3v) is 4.85. The second-order valence-corrected chi connectivity index (χ2v) is 6.45. The molecule has 4 heterocycles. The van der Waals surface area contributed by atoms with Gasteiger partial charge in [0.2, 0.25) is 17.6 Å². The molecule has 0 bridgehead atoms. The number of piperidine rings is 1. The highest BCUT2D eigenvalue weighted by atomic mass is 16.5. The first kappa shape index (κ1) is 15.3. The Kier molecular flexibility index (Phi) is 4.25. The van der Waals surface area contributed by atoms with Crippen molar-refractivity contribution in [2.45, 2.75) is 38.3 Å². The molecule has 7 heteroatoms. The van der Waals surface area contributed by atoms with Crippen LogP contribution >= 0.6 is 0 Å². The van der Waals surface area contributed by atoms with Gasteiger partial charge in [-0.1, -0.05) is 5.16 Å². The number of carbonyl (C=O) groups is 1. The molecule has 2 saturated heterocycles. The van der Waals surface area contributed by atoms with Gasteiger partial charge >= 0.3 is 0 Å². The van der Waals surface area contributed by atoms with Crippen LogP contribution in [-0.2, 0) is 11.3 Å². The second-order valence-electron chi connectivity index (χ2n) is 6.45. The first-order valence-electron chi connectivity index (χ1n) is 8.54. The van der Waals surface area contributed by atoms with Gasteiger partial charge < -0.3 is 9.42 Å². The fourth-order valence-electron chi connectivity index (χ4n) is 3.57. The molecule has 0 aromatic carbocycles. The Labute approximate surface area is 140 Å². The molecular weight excluding hydrogens is 306 g/mol. The molecule has 2 aromatic rings. The third-order valence-electron chi connectivity index (χ3n) is 4.85. The lowest BCUT2D eigenvalue weighted by Gasteiger charge is -2.36. The Morgan fingerprint density at radius 2 is 2.12 bits per heavy atom. The summed E-state index contributed by atoms with van der Waals surface area (Å²) in [5.41, 5.74) is 0.860. The molecule has 4 rings (SSSR count). The average molecular weight is 327 g/mol. The number of carbonyl (C=O) groups excluding carboxylic acids is 1. The Balaban J connectivity index is 1.33. The fourth-order valence-corrected chi connectivity index (χ4v) is 3.57. The van der Waals surface area contributed by atoms with Crippen LogP contribution in [0.2, 0.25) is 0 Å². The van der Waals surface area contributed by atoms with E-state index in [1.54, 1.807) is 12.4 Å². The molecule has 2 aromatic heterocycles. The number of likely N-dealkylation sites (tertiary alicyclic amines) is 2. The summed E-state index contributed by atoms with van der Waals surface area (Å²) in [5.74, 6) is 1.53. The smallest absolute Gasteiger partial charge is 0.241 e. The van der Waals surface area contributed by atoms with E-state index in [0.717, 1.165) is 50.9 Å². The largest absolute Gasteiger partial charge is 0.340 e. The molecule has 24 heavy (non-hydrogen) atoms. The van der Waals surface area contributed by atoms with Crippen molar-refractivity contribution in [1.29, 1.82) is 0 Å². The van der Waals surface area contributed by atoms with Crippen LogP contribution in [0.4, 0.5) is 0 Å². The molecule has 0 radical (unpaired) electrons. The van der Waals surface area contributed by atoms with Crippen molar-refractivity contribution >= 4 is 5.91 Å². The number of nitrogens with zero attached hydrogens (tertiary/aromatic N) is 5. The van der Waals surface area contributed by atoms with Gasteiger partial charge in [-0.2, -0.15) is 4.98 Å². The molecule has 0 N–H and O–H groups in total. The van der Waals surface area contributed by atoms with Crippen LogP contribution in [0.5, 0.6) is 0 Å². The quantitative estimate of drug-likeness (QED) is 0.851. The molecule has 0 atom stereocenters. The summed E-state index contributed by atoms with van der Waals surface area (Å²) in [7, 11) is 0. The first-order chi connectivity index (χ1) is 11.8. The second kappa shape index (κ2) is 6.68. The van der Waals surface area contributed by atoms with Gasteiger partial charge in [0.15, 0.2) is 0 Å². The highest BCUT2D eigenvalue weighted by Crippen LogP contribution is 2.23. The molecule has 2 fully saturated rings. The van der Waals surface area contributed by atoms with Crippen molar-refractivity contribution in [3.05, 3.63) is 30.4 Å². The molecule has 2 aliphatic heterocycles. The minimum Gasteiger partial charge on any atom is -0.340 e. The molecule has 126 valence electrons. The molecule has 1 amide bonds. The summed E-state index contributed by atoms with van der Waals surface area (Å²) in [6.07, 6.45) is 7.23. The van der Waals surface area contributed by atoms with Crippen molar-refractivity contribution in [1.82, 2.24) is 24.9 Å². The first-order valence-corrected chi connectivity index (χ1v) is 8.54. The van der Waals surface area contributed by atoms with Crippen LogP contribution in [0.1, 0.15) is 31.6 Å². The summed E-state index contributed by atoms with van der Waals surface area (Å²) in [4.78, 5) is 24.8. The molecule has 0 aliphatic carbocycles. The highest BCUT2D eigenvalue weighted by molar-refractivity contribution is 5.78. The van der Waals surface area contributed by atoms with E-state index >= 15 is 0 Å². The monoisotopic (exact) mass is 327 g/mol. The number of pyridine rings is 1. The zero-order chi connectivity index (χ0) is 16.4. The van der Waals surface area contributed by atoms with Gasteiger partial charge in [-0.15, -0.1) is 0 Å². The number of aromatic nitrogens is 3. The van der Waals surface area contributed by atoms with Crippen LogP contribution in [-0.4, -0.2) is 56.5 Å². The zero-order valence-electron chi connectivity index (χ0n) is 13.6. The lowest BCUT2D eigenvalue weighted by molar-refractivity contribution is -0.130. The highest BCUT2D eigenvalue weighted by Gasteiger charge is 2.31. The lowest BCUT2D eigenvalue weighted by Crippen LogP contribution is -2.45. The maximum atomic E-state index is 11.9. The zero-order valence-corrected chi connectivity index (χ0v) is 13.6. The minimum atomic E-state index is 0.325. The molecule has 7 nitrogen and oxygen atoms in total. The number of hydrogen-bond acceptors (Lipinski definition) is 6. The average Bonchev–Trinajstić information content (AvgIpc) is 3.26. The topological polar surface area (TPSA) is 75.4 Å². The van der Waals surface area contributed by atoms with Crippen molar-refractivity contribution in [2.75, 3.05) is 19.6 Å². The lowest BCUT2D eigenvalue weighted by atomic mass is 10.0. The Morgan fingerprint density at radius 3 is 2.83 bits per heavy atom. The van der Waals surface area contributed by atoms with Crippen molar-refractivity contribution < 1.29 is 9.32 Å². The Bertz CT molecular complexity index is 694. The van der Waals surface area contributed by atoms with Crippen molar-refractivity contribution in [3.63, 3.8) is 0 Å². The van der Waals surface area contributed by atoms with Crippen LogP contribution < -0.4 is 0 Å². The van der Waals surface area contributed by atoms with Crippen LogP contribution in [0.3, 0.4) is 0 Å². The summed E-state index contributed by atoms with van der Waals surface area (Å²) < 4.78 is 5.37. The van der Waals surface area contributed by atoms with Crippen molar-refractivity contribution in [2.24, 2.45) is 0 Å². The van der Waals surface area contributed by atoms with Gasteiger partial charge in [-0.3, -0.25) is 14.7 Å². The number of hydrogen-bond donors (Lipinski definition) is 0. The molecule has 0 spiro atoms. The Hall–Kier alpha value is -2.28. The van der Waals surface area contributed by atoms with Gasteiger partial charge in [0.1, 0.15) is 0 Å². The molecular formula is C17H21N5O2. The van der Waals surface area contributed by atoms with E-state index in [1.807, 2.05) is 12.1 Å². The van der Waals surface area contributed by atoms with Crippen LogP contribution in [0.25, 0.3) is 11.4 Å². The summed E-state index contributed by atoms with van der Waals surface area (Å²) in [5, 5.41) is 4.03. The van der Waals surface area contributed by atoms with Crippen molar-refractivity contribution in [3.8, 4) is 11.4 Å². The van der Waals surface area contributed by atoms with Gasteiger partial charge in [0, 0.05) is 50.1 Å². The maximum absolute atomic E-state index is 11.9. The fraction of sp³-hybridized carbons (Fsp3) is 0.529. The van der Waals surface area contributed by atoms with Crippen LogP contribution in [0.15, 0.2) is 29.0 Å². The van der Waals surface area contributed by atoms with Crippen LogP contribution in [0, 0.1) is 0 Å². The third kappa shape index (κ3) is 3.17. The van der Waals surface area contributed by atoms with E-state index < -0.39 is 0 Å². The van der Waals surface area contributed by atoms with Gasteiger partial charge in [-0.25, -0.2) is 0 Å². The van der Waals surface area contributed by atoms with E-state index in [2.05, 4.69) is 24.9 Å². The van der Waals surface area contributed by atoms with E-state index in [4.69, 9.17) is 4.52 Å². The SMILES string of the molecule is O=C1CCCN1C1CCN(Cc2nc(-c3cccnc3)no2)CC1. The van der Waals surface area contributed by atoms with E-state index in [1.165, 1.54) is 0 Å². The minimum absolute atomic E-state index is 0.325. The van der Waals surface area contributed by atoms with Gasteiger partial charge in [0.25, 0.3) is 0 Å². The summed E-state index contributed by atoms with van der Waals surface area (Å²) in [6, 6.07) is 4.18. The van der Waals surface area contributed by atoms with Gasteiger partial charge in [0.05, 0.1) is 6.54 Å². The summed E-state index contributed by atoms with van der Waals surface area (Å²) >= 11 is 0. The number of amides is 1. The maximum Gasteiger partial charge on any atom is 0.241 e. The predicted octanol–water partition coefficient (Wildman–Crippen LogP) is 1.72. The normalized spacial score (nSPS) is 20.0. The van der Waals surface area contributed by atoms with E-state index in [0.29, 0.717) is 30.2 Å². The molecule has 2 aliphatic rings. The van der Waals surface area contributed by atoms with E-state index in [9.17, 15) is 4.79 Å². The Morgan fingerprint density at radius 1 is 1.25 bits per heavy atom. The molecule has 0 unspecified atom stereocenters. The molecule has 0 saturated carbocycles. The predicted molar refractivity (Wildman–Crippen MR) is 86.8 cm³/mol. The summed E-state index contributed by atoms with van der Waals surface area (Å²) in [6.45, 7) is 3.51. The number of rotatable bonds is 4.